The number of carbonyl (C=O) groups excluding carboxylic acids is 1. The van der Waals surface area contributed by atoms with Crippen molar-refractivity contribution < 1.29 is 27.7 Å². The van der Waals surface area contributed by atoms with Gasteiger partial charge in [-0.15, -0.1) is 0 Å². The molecule has 0 saturated heterocycles. The van der Waals surface area contributed by atoms with Crippen LogP contribution in [0, 0.1) is 0 Å². The highest BCUT2D eigenvalue weighted by Gasteiger charge is 2.29. The maximum absolute atomic E-state index is 11.6. The number of halogens is 3. The van der Waals surface area contributed by atoms with E-state index in [0.29, 0.717) is 0 Å². The summed E-state index contributed by atoms with van der Waals surface area (Å²) in [6.45, 7) is -1.65. The highest BCUT2D eigenvalue weighted by molar-refractivity contribution is 5.86. The van der Waals surface area contributed by atoms with Gasteiger partial charge in [-0.2, -0.15) is 18.1 Å². The van der Waals surface area contributed by atoms with Crippen molar-refractivity contribution >= 4 is 5.97 Å². The molecule has 1 aromatic heterocycles. The van der Waals surface area contributed by atoms with Crippen LogP contribution < -0.4 is 0 Å². The number of aromatic nitrogens is 1. The van der Waals surface area contributed by atoms with E-state index in [0.717, 1.165) is 0 Å². The Morgan fingerprint density at radius 2 is 2.13 bits per heavy atom. The van der Waals surface area contributed by atoms with E-state index in [1.807, 2.05) is 0 Å². The molecule has 0 bridgehead atoms. The van der Waals surface area contributed by atoms with Gasteiger partial charge in [0.2, 0.25) is 0 Å². The van der Waals surface area contributed by atoms with Gasteiger partial charge in [0.25, 0.3) is 0 Å². The third-order valence-electron chi connectivity index (χ3n) is 1.23. The summed E-state index contributed by atoms with van der Waals surface area (Å²) in [5.74, 6) is -1.07. The molecule has 0 saturated carbocycles. The highest BCUT2D eigenvalue weighted by atomic mass is 19.4. The molecule has 1 heterocycles. The first-order valence-electron chi connectivity index (χ1n) is 3.80. The smallest absolute Gasteiger partial charge is 0.291 e. The molecular weight excluding hydrogens is 215 g/mol. The second kappa shape index (κ2) is 4.74. The molecule has 0 aliphatic rings. The zero-order chi connectivity index (χ0) is 11.3. The lowest BCUT2D eigenvalue weighted by molar-refractivity contribution is -0.302. The molecule has 1 aromatic rings. The van der Waals surface area contributed by atoms with Gasteiger partial charge in [0.15, 0.2) is 12.3 Å². The van der Waals surface area contributed by atoms with Gasteiger partial charge in [-0.3, -0.25) is 4.89 Å². The summed E-state index contributed by atoms with van der Waals surface area (Å²) in [6, 6.07) is 4.33. The fourth-order valence-electron chi connectivity index (χ4n) is 0.676. The number of nitrogens with zero attached hydrogens (tertiary/aromatic N) is 1. The Labute approximate surface area is 82.6 Å². The molecule has 0 amide bonds. The van der Waals surface area contributed by atoms with Crippen molar-refractivity contribution in [2.45, 2.75) is 6.18 Å². The quantitative estimate of drug-likeness (QED) is 0.576. The molecule has 0 unspecified atom stereocenters. The lowest BCUT2D eigenvalue weighted by atomic mass is 10.4. The molecule has 1 rings (SSSR count). The third-order valence-corrected chi connectivity index (χ3v) is 1.23. The number of rotatable bonds is 3. The molecule has 0 N–H and O–H groups in total. The molecule has 0 atom stereocenters. The van der Waals surface area contributed by atoms with Crippen LogP contribution in [0.25, 0.3) is 0 Å². The molecule has 0 aromatic carbocycles. The Morgan fingerprint density at radius 1 is 1.40 bits per heavy atom. The fraction of sp³-hybridized carbons (Fsp3) is 0.250. The van der Waals surface area contributed by atoms with Crippen LogP contribution >= 0.6 is 0 Å². The van der Waals surface area contributed by atoms with Crippen molar-refractivity contribution in [3.8, 4) is 0 Å². The van der Waals surface area contributed by atoms with Crippen molar-refractivity contribution in [3.63, 3.8) is 0 Å². The molecule has 0 aliphatic heterocycles. The summed E-state index contributed by atoms with van der Waals surface area (Å²) in [6.07, 6.45) is -3.23. The Hall–Kier alpha value is -1.63. The maximum Gasteiger partial charge on any atom is 0.415 e. The summed E-state index contributed by atoms with van der Waals surface area (Å²) in [7, 11) is 0. The molecule has 7 heteroatoms. The SMILES string of the molecule is O=C(OOCC(F)(F)F)c1ccccn1. The van der Waals surface area contributed by atoms with Crippen LogP contribution in [0.15, 0.2) is 24.4 Å². The Bertz CT molecular complexity index is 326. The molecule has 4 nitrogen and oxygen atoms in total. The van der Waals surface area contributed by atoms with E-state index in [1.54, 1.807) is 6.07 Å². The third kappa shape index (κ3) is 4.41. The molecule has 0 aliphatic carbocycles. The first kappa shape index (κ1) is 11.4. The summed E-state index contributed by atoms with van der Waals surface area (Å²) in [5.41, 5.74) is -0.125. The van der Waals surface area contributed by atoms with Gasteiger partial charge in [0.05, 0.1) is 0 Å². The van der Waals surface area contributed by atoms with Crippen LogP contribution in [0.5, 0.6) is 0 Å². The van der Waals surface area contributed by atoms with Crippen LogP contribution in [-0.4, -0.2) is 23.7 Å². The van der Waals surface area contributed by atoms with Crippen molar-refractivity contribution in [2.24, 2.45) is 0 Å². The van der Waals surface area contributed by atoms with Crippen LogP contribution in [0.3, 0.4) is 0 Å². The van der Waals surface area contributed by atoms with E-state index < -0.39 is 18.8 Å². The second-order valence-electron chi connectivity index (χ2n) is 2.46. The van der Waals surface area contributed by atoms with Crippen molar-refractivity contribution in [2.75, 3.05) is 6.61 Å². The number of hydrogen-bond acceptors (Lipinski definition) is 4. The second-order valence-corrected chi connectivity index (χ2v) is 2.46. The summed E-state index contributed by atoms with van der Waals surface area (Å²) < 4.78 is 34.7. The predicted octanol–water partition coefficient (Wildman–Crippen LogP) is 1.73. The maximum atomic E-state index is 11.6. The zero-order valence-electron chi connectivity index (χ0n) is 7.32. The number of alkyl halides is 3. The first-order chi connectivity index (χ1) is 6.99. The van der Waals surface area contributed by atoms with Gasteiger partial charge < -0.3 is 0 Å². The van der Waals surface area contributed by atoms with E-state index in [-0.39, 0.29) is 5.69 Å². The van der Waals surface area contributed by atoms with Gasteiger partial charge in [0, 0.05) is 6.20 Å². The molecule has 15 heavy (non-hydrogen) atoms. The van der Waals surface area contributed by atoms with E-state index in [1.165, 1.54) is 18.3 Å². The lowest BCUT2D eigenvalue weighted by Gasteiger charge is -2.05. The topological polar surface area (TPSA) is 48.4 Å². The lowest BCUT2D eigenvalue weighted by Crippen LogP contribution is -2.19. The van der Waals surface area contributed by atoms with Crippen LogP contribution in [0.1, 0.15) is 10.5 Å². The standard InChI is InChI=1S/C8H6F3NO3/c9-8(10,11)5-14-15-7(13)6-3-1-2-4-12-6/h1-4H,5H2. The molecular formula is C8H6F3NO3. The zero-order valence-corrected chi connectivity index (χ0v) is 7.32. The largest absolute Gasteiger partial charge is 0.415 e. The summed E-state index contributed by atoms with van der Waals surface area (Å²) in [5, 5.41) is 0. The normalized spacial score (nSPS) is 11.1. The van der Waals surface area contributed by atoms with Gasteiger partial charge >= 0.3 is 12.1 Å². The molecule has 0 radical (unpaired) electrons. The number of pyridine rings is 1. The van der Waals surface area contributed by atoms with E-state index in [4.69, 9.17) is 0 Å². The van der Waals surface area contributed by atoms with Gasteiger partial charge in [-0.1, -0.05) is 6.07 Å². The molecule has 0 fully saturated rings. The van der Waals surface area contributed by atoms with E-state index in [9.17, 15) is 18.0 Å². The first-order valence-corrected chi connectivity index (χ1v) is 3.80. The van der Waals surface area contributed by atoms with Crippen LogP contribution in [0.4, 0.5) is 13.2 Å². The van der Waals surface area contributed by atoms with Gasteiger partial charge in [-0.25, -0.2) is 9.78 Å². The Morgan fingerprint density at radius 3 is 2.67 bits per heavy atom. The van der Waals surface area contributed by atoms with Crippen molar-refractivity contribution in [3.05, 3.63) is 30.1 Å². The average molecular weight is 221 g/mol. The molecule has 82 valence electrons. The van der Waals surface area contributed by atoms with Crippen molar-refractivity contribution in [1.29, 1.82) is 0 Å². The minimum atomic E-state index is -4.54. The van der Waals surface area contributed by atoms with E-state index in [2.05, 4.69) is 14.8 Å². The highest BCUT2D eigenvalue weighted by Crippen LogP contribution is 2.14. The van der Waals surface area contributed by atoms with Gasteiger partial charge in [0.1, 0.15) is 0 Å². The Kier molecular flexibility index (Phi) is 3.62. The average Bonchev–Trinajstić information content (AvgIpc) is 2.17. The monoisotopic (exact) mass is 221 g/mol. The summed E-state index contributed by atoms with van der Waals surface area (Å²) in [4.78, 5) is 22.1. The number of carbonyl (C=O) groups is 1. The predicted molar refractivity (Wildman–Crippen MR) is 41.7 cm³/mol. The fourth-order valence-corrected chi connectivity index (χ4v) is 0.676. The van der Waals surface area contributed by atoms with Gasteiger partial charge in [-0.05, 0) is 12.1 Å². The minimum Gasteiger partial charge on any atom is -0.291 e. The minimum absolute atomic E-state index is 0.125. The van der Waals surface area contributed by atoms with Crippen molar-refractivity contribution in [1.82, 2.24) is 4.98 Å². The summed E-state index contributed by atoms with van der Waals surface area (Å²) >= 11 is 0. The Balaban J connectivity index is 2.38. The van der Waals surface area contributed by atoms with Crippen LogP contribution in [0.2, 0.25) is 0 Å². The van der Waals surface area contributed by atoms with E-state index >= 15 is 0 Å². The molecule has 0 spiro atoms. The number of hydrogen-bond donors (Lipinski definition) is 0. The van der Waals surface area contributed by atoms with Crippen LogP contribution in [-0.2, 0) is 9.78 Å².